The van der Waals surface area contributed by atoms with Gasteiger partial charge < -0.3 is 4.74 Å². The standard InChI is InChI=1S/C9H11NO2.C2H6/c1-6-4-5-7(2)10-8(6)9(11)12-3;1-2/h4-5H,1-3H3;1-2H3. The first-order chi connectivity index (χ1) is 6.65. The summed E-state index contributed by atoms with van der Waals surface area (Å²) in [6.07, 6.45) is 0. The molecule has 0 aliphatic heterocycles. The Balaban J connectivity index is 0.000000791. The van der Waals surface area contributed by atoms with Crippen LogP contribution in [0.4, 0.5) is 0 Å². The van der Waals surface area contributed by atoms with Crippen LogP contribution in [0.1, 0.15) is 35.6 Å². The van der Waals surface area contributed by atoms with Crippen molar-refractivity contribution in [1.82, 2.24) is 4.98 Å². The van der Waals surface area contributed by atoms with Crippen molar-refractivity contribution in [1.29, 1.82) is 0 Å². The highest BCUT2D eigenvalue weighted by molar-refractivity contribution is 5.88. The van der Waals surface area contributed by atoms with E-state index in [9.17, 15) is 4.79 Å². The third-order valence-corrected chi connectivity index (χ3v) is 1.61. The van der Waals surface area contributed by atoms with Crippen LogP contribution in [-0.2, 0) is 4.74 Å². The van der Waals surface area contributed by atoms with Gasteiger partial charge >= 0.3 is 5.97 Å². The van der Waals surface area contributed by atoms with Gasteiger partial charge in [-0.15, -0.1) is 0 Å². The zero-order chi connectivity index (χ0) is 11.1. The van der Waals surface area contributed by atoms with Crippen LogP contribution in [-0.4, -0.2) is 18.1 Å². The highest BCUT2D eigenvalue weighted by Crippen LogP contribution is 2.06. The summed E-state index contributed by atoms with van der Waals surface area (Å²) in [6, 6.07) is 3.72. The molecule has 1 rings (SSSR count). The van der Waals surface area contributed by atoms with Crippen LogP contribution in [0.2, 0.25) is 0 Å². The summed E-state index contributed by atoms with van der Waals surface area (Å²) in [4.78, 5) is 15.2. The fourth-order valence-electron chi connectivity index (χ4n) is 0.930. The first-order valence-electron chi connectivity index (χ1n) is 4.67. The maximum absolute atomic E-state index is 11.1. The van der Waals surface area contributed by atoms with E-state index in [2.05, 4.69) is 9.72 Å². The molecule has 0 unspecified atom stereocenters. The molecular formula is C11H17NO2. The van der Waals surface area contributed by atoms with Crippen LogP contribution in [0.15, 0.2) is 12.1 Å². The summed E-state index contributed by atoms with van der Waals surface area (Å²) in [5, 5.41) is 0. The number of hydrogen-bond donors (Lipinski definition) is 0. The number of esters is 1. The molecular weight excluding hydrogens is 178 g/mol. The number of ether oxygens (including phenoxy) is 1. The lowest BCUT2D eigenvalue weighted by Crippen LogP contribution is -2.07. The second-order valence-corrected chi connectivity index (χ2v) is 2.61. The van der Waals surface area contributed by atoms with Crippen molar-refractivity contribution in [3.05, 3.63) is 29.1 Å². The highest BCUT2D eigenvalue weighted by Gasteiger charge is 2.09. The van der Waals surface area contributed by atoms with E-state index < -0.39 is 0 Å². The second kappa shape index (κ2) is 6.13. The summed E-state index contributed by atoms with van der Waals surface area (Å²) in [7, 11) is 1.35. The molecule has 0 fully saturated rings. The van der Waals surface area contributed by atoms with Gasteiger partial charge in [-0.25, -0.2) is 9.78 Å². The molecule has 1 heterocycles. The van der Waals surface area contributed by atoms with E-state index >= 15 is 0 Å². The third kappa shape index (κ3) is 3.17. The third-order valence-electron chi connectivity index (χ3n) is 1.61. The molecule has 0 N–H and O–H groups in total. The fraction of sp³-hybridized carbons (Fsp3) is 0.455. The Bertz CT molecular complexity index is 308. The van der Waals surface area contributed by atoms with Crippen molar-refractivity contribution >= 4 is 5.97 Å². The number of aryl methyl sites for hydroxylation is 2. The van der Waals surface area contributed by atoms with Gasteiger partial charge in [0.05, 0.1) is 7.11 Å². The van der Waals surface area contributed by atoms with Crippen LogP contribution in [0.5, 0.6) is 0 Å². The lowest BCUT2D eigenvalue weighted by Gasteiger charge is -2.02. The lowest BCUT2D eigenvalue weighted by atomic mass is 10.2. The largest absolute Gasteiger partial charge is 0.464 e. The quantitative estimate of drug-likeness (QED) is 0.646. The van der Waals surface area contributed by atoms with Crippen LogP contribution < -0.4 is 0 Å². The predicted molar refractivity (Wildman–Crippen MR) is 56.4 cm³/mol. The molecule has 3 nitrogen and oxygen atoms in total. The zero-order valence-electron chi connectivity index (χ0n) is 9.42. The average molecular weight is 195 g/mol. The number of hydrogen-bond acceptors (Lipinski definition) is 3. The number of carbonyl (C=O) groups excluding carboxylic acids is 1. The van der Waals surface area contributed by atoms with Gasteiger partial charge in [-0.1, -0.05) is 19.9 Å². The molecule has 0 saturated carbocycles. The van der Waals surface area contributed by atoms with E-state index in [-0.39, 0.29) is 5.97 Å². The monoisotopic (exact) mass is 195 g/mol. The van der Waals surface area contributed by atoms with Crippen molar-refractivity contribution < 1.29 is 9.53 Å². The summed E-state index contributed by atoms with van der Waals surface area (Å²) >= 11 is 0. The molecule has 0 spiro atoms. The molecule has 0 amide bonds. The molecule has 1 aromatic rings. The van der Waals surface area contributed by atoms with Crippen molar-refractivity contribution in [3.63, 3.8) is 0 Å². The molecule has 0 bridgehead atoms. The SMILES string of the molecule is CC.COC(=O)c1nc(C)ccc1C. The van der Waals surface area contributed by atoms with E-state index in [4.69, 9.17) is 0 Å². The number of aromatic nitrogens is 1. The van der Waals surface area contributed by atoms with Crippen molar-refractivity contribution in [2.75, 3.05) is 7.11 Å². The van der Waals surface area contributed by atoms with Crippen molar-refractivity contribution in [2.45, 2.75) is 27.7 Å². The Morgan fingerprint density at radius 3 is 2.36 bits per heavy atom. The Hall–Kier alpha value is -1.38. The highest BCUT2D eigenvalue weighted by atomic mass is 16.5. The van der Waals surface area contributed by atoms with E-state index in [0.29, 0.717) is 5.69 Å². The van der Waals surface area contributed by atoms with Gasteiger partial charge in [-0.05, 0) is 25.5 Å². The summed E-state index contributed by atoms with van der Waals surface area (Å²) < 4.78 is 4.57. The maximum Gasteiger partial charge on any atom is 0.356 e. The Kier molecular flexibility index (Phi) is 5.53. The van der Waals surface area contributed by atoms with Gasteiger partial charge in [0.2, 0.25) is 0 Å². The van der Waals surface area contributed by atoms with E-state index in [1.807, 2.05) is 39.8 Å². The van der Waals surface area contributed by atoms with Gasteiger partial charge in [0.25, 0.3) is 0 Å². The van der Waals surface area contributed by atoms with Crippen LogP contribution >= 0.6 is 0 Å². The number of pyridine rings is 1. The van der Waals surface area contributed by atoms with Crippen LogP contribution in [0, 0.1) is 13.8 Å². The van der Waals surface area contributed by atoms with Gasteiger partial charge in [-0.3, -0.25) is 0 Å². The molecule has 1 aromatic heterocycles. The molecule has 14 heavy (non-hydrogen) atoms. The van der Waals surface area contributed by atoms with Crippen LogP contribution in [0.25, 0.3) is 0 Å². The minimum atomic E-state index is -0.379. The van der Waals surface area contributed by atoms with E-state index in [0.717, 1.165) is 11.3 Å². The number of rotatable bonds is 1. The van der Waals surface area contributed by atoms with Crippen LogP contribution in [0.3, 0.4) is 0 Å². The first kappa shape index (κ1) is 12.6. The topological polar surface area (TPSA) is 39.2 Å². The van der Waals surface area contributed by atoms with Gasteiger partial charge in [0.15, 0.2) is 5.69 Å². The fourth-order valence-corrected chi connectivity index (χ4v) is 0.930. The first-order valence-corrected chi connectivity index (χ1v) is 4.67. The smallest absolute Gasteiger partial charge is 0.356 e. The molecule has 0 atom stereocenters. The van der Waals surface area contributed by atoms with Gasteiger partial charge in [0, 0.05) is 5.69 Å². The zero-order valence-corrected chi connectivity index (χ0v) is 9.42. The maximum atomic E-state index is 11.1. The predicted octanol–water partition coefficient (Wildman–Crippen LogP) is 2.51. The number of nitrogens with zero attached hydrogens (tertiary/aromatic N) is 1. The molecule has 0 aliphatic rings. The molecule has 0 radical (unpaired) electrons. The molecule has 0 aliphatic carbocycles. The van der Waals surface area contributed by atoms with E-state index in [1.165, 1.54) is 7.11 Å². The lowest BCUT2D eigenvalue weighted by molar-refractivity contribution is 0.0593. The molecule has 0 saturated heterocycles. The number of methoxy groups -OCH3 is 1. The Morgan fingerprint density at radius 2 is 1.86 bits per heavy atom. The summed E-state index contributed by atoms with van der Waals surface area (Å²) in [6.45, 7) is 7.67. The van der Waals surface area contributed by atoms with E-state index in [1.54, 1.807) is 0 Å². The summed E-state index contributed by atoms with van der Waals surface area (Å²) in [5.41, 5.74) is 2.06. The Labute approximate surface area is 85.1 Å². The average Bonchev–Trinajstić information content (AvgIpc) is 2.23. The molecule has 78 valence electrons. The molecule has 0 aromatic carbocycles. The van der Waals surface area contributed by atoms with Gasteiger partial charge in [-0.2, -0.15) is 0 Å². The van der Waals surface area contributed by atoms with Crippen molar-refractivity contribution in [2.24, 2.45) is 0 Å². The van der Waals surface area contributed by atoms with Gasteiger partial charge in [0.1, 0.15) is 0 Å². The summed E-state index contributed by atoms with van der Waals surface area (Å²) in [5.74, 6) is -0.379. The second-order valence-electron chi connectivity index (χ2n) is 2.61. The van der Waals surface area contributed by atoms with Crippen molar-refractivity contribution in [3.8, 4) is 0 Å². The molecule has 3 heteroatoms. The number of carbonyl (C=O) groups is 1. The Morgan fingerprint density at radius 1 is 1.29 bits per heavy atom. The minimum Gasteiger partial charge on any atom is -0.464 e. The normalized spacial score (nSPS) is 8.64. The minimum absolute atomic E-state index is 0.379.